The summed E-state index contributed by atoms with van der Waals surface area (Å²) in [7, 11) is -3.50. The number of hydrogen-bond acceptors (Lipinski definition) is 5. The van der Waals surface area contributed by atoms with E-state index in [4.69, 9.17) is 9.73 Å². The van der Waals surface area contributed by atoms with Gasteiger partial charge in [0.15, 0.2) is 0 Å². The van der Waals surface area contributed by atoms with Gasteiger partial charge >= 0.3 is 5.97 Å². The van der Waals surface area contributed by atoms with Gasteiger partial charge in [-0.05, 0) is 79.1 Å². The number of carbonyl (C=O) groups excluding carboxylic acids is 1. The Morgan fingerprint density at radius 2 is 1.82 bits per heavy atom. The second-order valence-electron chi connectivity index (χ2n) is 11.1. The molecule has 1 N–H and O–H groups in total. The predicted octanol–water partition coefficient (Wildman–Crippen LogP) is 3.70. The van der Waals surface area contributed by atoms with E-state index in [0.29, 0.717) is 5.92 Å². The van der Waals surface area contributed by atoms with Gasteiger partial charge in [-0.25, -0.2) is 17.9 Å². The quantitative estimate of drug-likeness (QED) is 0.695. The Balaban J connectivity index is 2.36. The zero-order valence-electron chi connectivity index (χ0n) is 19.0. The first kappa shape index (κ1) is 23.3. The Bertz CT molecular complexity index is 756. The number of carbonyl (C=O) groups is 1. The summed E-state index contributed by atoms with van der Waals surface area (Å²) in [6.45, 7) is 17.1. The molecule has 0 amide bonds. The molecule has 3 atom stereocenters. The highest BCUT2D eigenvalue weighted by Gasteiger charge is 2.64. The lowest BCUT2D eigenvalue weighted by molar-refractivity contribution is -0.155. The van der Waals surface area contributed by atoms with Gasteiger partial charge in [-0.3, -0.25) is 4.99 Å². The third-order valence-corrected chi connectivity index (χ3v) is 7.96. The fourth-order valence-corrected chi connectivity index (χ4v) is 7.15. The number of aliphatic imine (C=N–C) groups is 1. The van der Waals surface area contributed by atoms with Crippen LogP contribution in [0, 0.1) is 16.7 Å². The van der Waals surface area contributed by atoms with E-state index >= 15 is 0 Å². The number of nitrogens with zero attached hydrogens (tertiary/aromatic N) is 1. The number of ether oxygens (including phenoxy) is 1. The van der Waals surface area contributed by atoms with Crippen LogP contribution in [0.25, 0.3) is 0 Å². The standard InChI is InChI=1S/C21H38N2O4S/c1-14(17(24)27-19(5,6)7)22-16-12-15-10-11-21(16,20(15,8)9)13-28(25,26)23-18(2,3)4/h14-15,23H,10-13H2,1-9H3/t14-,15+,21+/m0/s1. The molecule has 2 bridgehead atoms. The van der Waals surface area contributed by atoms with Crippen molar-refractivity contribution in [3.05, 3.63) is 0 Å². The smallest absolute Gasteiger partial charge is 0.331 e. The predicted molar refractivity (Wildman–Crippen MR) is 113 cm³/mol. The maximum atomic E-state index is 13.0. The van der Waals surface area contributed by atoms with Crippen LogP contribution < -0.4 is 4.72 Å². The minimum absolute atomic E-state index is 0.0145. The van der Waals surface area contributed by atoms with Crippen LogP contribution in [-0.2, 0) is 19.6 Å². The summed E-state index contributed by atoms with van der Waals surface area (Å²) in [5.74, 6) is 0.0361. The van der Waals surface area contributed by atoms with Crippen LogP contribution in [0.4, 0.5) is 0 Å². The van der Waals surface area contributed by atoms with E-state index in [0.717, 1.165) is 25.0 Å². The van der Waals surface area contributed by atoms with E-state index < -0.39 is 32.6 Å². The Kier molecular flexibility index (Phi) is 5.90. The van der Waals surface area contributed by atoms with Gasteiger partial charge in [0.05, 0.1) is 5.75 Å². The van der Waals surface area contributed by atoms with Crippen LogP contribution in [-0.4, -0.2) is 43.0 Å². The van der Waals surface area contributed by atoms with Crippen molar-refractivity contribution in [2.24, 2.45) is 21.7 Å². The van der Waals surface area contributed by atoms with Crippen LogP contribution in [0.5, 0.6) is 0 Å². The molecule has 0 spiro atoms. The molecule has 0 aromatic heterocycles. The van der Waals surface area contributed by atoms with E-state index in [-0.39, 0.29) is 17.1 Å². The molecular formula is C21H38N2O4S. The van der Waals surface area contributed by atoms with Crippen LogP contribution in [0.3, 0.4) is 0 Å². The molecule has 0 saturated heterocycles. The Hall–Kier alpha value is -0.950. The Labute approximate surface area is 171 Å². The molecule has 6 nitrogen and oxygen atoms in total. The lowest BCUT2D eigenvalue weighted by Crippen LogP contribution is -2.49. The normalized spacial score (nSPS) is 29.9. The lowest BCUT2D eigenvalue weighted by Gasteiger charge is -2.39. The monoisotopic (exact) mass is 414 g/mol. The van der Waals surface area contributed by atoms with Gasteiger partial charge in [-0.2, -0.15) is 0 Å². The number of fused-ring (bicyclic) bond motifs is 2. The van der Waals surface area contributed by atoms with Gasteiger partial charge < -0.3 is 4.74 Å². The molecule has 0 heterocycles. The molecule has 0 aliphatic heterocycles. The first-order valence-corrected chi connectivity index (χ1v) is 11.9. The highest BCUT2D eigenvalue weighted by atomic mass is 32.2. The maximum Gasteiger partial charge on any atom is 0.331 e. The van der Waals surface area contributed by atoms with Gasteiger partial charge in [0, 0.05) is 16.7 Å². The van der Waals surface area contributed by atoms with Crippen LogP contribution in [0.1, 0.15) is 81.6 Å². The summed E-state index contributed by atoms with van der Waals surface area (Å²) in [6.07, 6.45) is 2.54. The molecular weight excluding hydrogens is 376 g/mol. The van der Waals surface area contributed by atoms with Crippen LogP contribution >= 0.6 is 0 Å². The van der Waals surface area contributed by atoms with Crippen molar-refractivity contribution >= 4 is 21.7 Å². The molecule has 2 aliphatic carbocycles. The van der Waals surface area contributed by atoms with E-state index in [1.54, 1.807) is 6.92 Å². The van der Waals surface area contributed by atoms with Crippen LogP contribution in [0.2, 0.25) is 0 Å². The first-order chi connectivity index (χ1) is 12.4. The minimum Gasteiger partial charge on any atom is -0.458 e. The average molecular weight is 415 g/mol. The maximum absolute atomic E-state index is 13.0. The Morgan fingerprint density at radius 1 is 1.25 bits per heavy atom. The lowest BCUT2D eigenvalue weighted by atomic mass is 9.70. The SMILES string of the molecule is C[C@H](N=C1C[C@H]2CC[C@]1(CS(=O)(=O)NC(C)(C)C)C2(C)C)C(=O)OC(C)(C)C. The van der Waals surface area contributed by atoms with Crippen molar-refractivity contribution in [1.29, 1.82) is 0 Å². The zero-order chi connectivity index (χ0) is 21.8. The van der Waals surface area contributed by atoms with Crippen molar-refractivity contribution in [3.63, 3.8) is 0 Å². The third kappa shape index (κ3) is 4.78. The number of sulfonamides is 1. The van der Waals surface area contributed by atoms with Gasteiger partial charge in [0.25, 0.3) is 0 Å². The van der Waals surface area contributed by atoms with Gasteiger partial charge in [0.2, 0.25) is 10.0 Å². The van der Waals surface area contributed by atoms with E-state index in [1.165, 1.54) is 0 Å². The molecule has 2 rings (SSSR count). The van der Waals surface area contributed by atoms with Crippen LogP contribution in [0.15, 0.2) is 4.99 Å². The molecule has 162 valence electrons. The molecule has 2 saturated carbocycles. The summed E-state index contributed by atoms with van der Waals surface area (Å²) in [5, 5.41) is 0. The largest absolute Gasteiger partial charge is 0.458 e. The summed E-state index contributed by atoms with van der Waals surface area (Å²) in [4.78, 5) is 17.2. The number of nitrogens with one attached hydrogen (secondary N) is 1. The van der Waals surface area contributed by atoms with Gasteiger partial charge in [-0.1, -0.05) is 13.8 Å². The molecule has 0 radical (unpaired) electrons. The Morgan fingerprint density at radius 3 is 2.29 bits per heavy atom. The fraction of sp³-hybridized carbons (Fsp3) is 0.905. The number of esters is 1. The molecule has 7 heteroatoms. The van der Waals surface area contributed by atoms with E-state index in [1.807, 2.05) is 41.5 Å². The average Bonchev–Trinajstić information content (AvgIpc) is 2.76. The second kappa shape index (κ2) is 7.08. The van der Waals surface area contributed by atoms with Gasteiger partial charge in [0.1, 0.15) is 11.6 Å². The first-order valence-electron chi connectivity index (χ1n) is 10.2. The number of hydrogen-bond donors (Lipinski definition) is 1. The van der Waals surface area contributed by atoms with E-state index in [9.17, 15) is 13.2 Å². The van der Waals surface area contributed by atoms with Crippen molar-refractivity contribution in [1.82, 2.24) is 4.72 Å². The number of rotatable bonds is 5. The van der Waals surface area contributed by atoms with Crippen molar-refractivity contribution in [3.8, 4) is 0 Å². The van der Waals surface area contributed by atoms with E-state index in [2.05, 4.69) is 18.6 Å². The minimum atomic E-state index is -3.50. The fourth-order valence-electron chi connectivity index (χ4n) is 4.81. The summed E-state index contributed by atoms with van der Waals surface area (Å²) in [6, 6.07) is -0.639. The third-order valence-electron chi connectivity index (χ3n) is 6.16. The summed E-state index contributed by atoms with van der Waals surface area (Å²) in [5.41, 5.74) is -0.947. The summed E-state index contributed by atoms with van der Waals surface area (Å²) < 4.78 is 34.2. The topological polar surface area (TPSA) is 84.8 Å². The second-order valence-corrected chi connectivity index (χ2v) is 12.9. The summed E-state index contributed by atoms with van der Waals surface area (Å²) >= 11 is 0. The highest BCUT2D eigenvalue weighted by Crippen LogP contribution is 2.64. The molecule has 0 aromatic rings. The molecule has 0 aromatic carbocycles. The van der Waals surface area contributed by atoms with Gasteiger partial charge in [-0.15, -0.1) is 0 Å². The van der Waals surface area contributed by atoms with Crippen molar-refractivity contribution in [2.45, 2.75) is 98.8 Å². The molecule has 0 unspecified atom stereocenters. The molecule has 2 aliphatic rings. The van der Waals surface area contributed by atoms with Crippen molar-refractivity contribution in [2.75, 3.05) is 5.75 Å². The zero-order valence-corrected chi connectivity index (χ0v) is 19.8. The molecule has 28 heavy (non-hydrogen) atoms. The molecule has 2 fully saturated rings. The highest BCUT2D eigenvalue weighted by molar-refractivity contribution is 7.89. The van der Waals surface area contributed by atoms with Crippen molar-refractivity contribution < 1.29 is 17.9 Å².